The van der Waals surface area contributed by atoms with Crippen LogP contribution in [0.3, 0.4) is 0 Å². The van der Waals surface area contributed by atoms with Crippen LogP contribution in [0.25, 0.3) is 0 Å². The predicted molar refractivity (Wildman–Crippen MR) is 84.7 cm³/mol. The first-order chi connectivity index (χ1) is 9.58. The largest absolute Gasteiger partial charge is 0.457 e. The van der Waals surface area contributed by atoms with E-state index in [1.54, 1.807) is 6.07 Å². The maximum absolute atomic E-state index is 6.01. The van der Waals surface area contributed by atoms with Gasteiger partial charge in [-0.1, -0.05) is 30.7 Å². The Bertz CT molecular complexity index is 583. The van der Waals surface area contributed by atoms with Gasteiger partial charge in [-0.3, -0.25) is 0 Å². The number of nitrogens with two attached hydrogens (primary N) is 1. The van der Waals surface area contributed by atoms with Crippen molar-refractivity contribution in [2.45, 2.75) is 32.7 Å². The van der Waals surface area contributed by atoms with E-state index in [4.69, 9.17) is 22.1 Å². The van der Waals surface area contributed by atoms with Gasteiger partial charge in [-0.15, -0.1) is 0 Å². The van der Waals surface area contributed by atoms with Gasteiger partial charge < -0.3 is 10.5 Å². The minimum Gasteiger partial charge on any atom is -0.457 e. The van der Waals surface area contributed by atoms with Gasteiger partial charge in [0.2, 0.25) is 0 Å². The van der Waals surface area contributed by atoms with Crippen molar-refractivity contribution in [3.8, 4) is 11.5 Å². The van der Waals surface area contributed by atoms with Gasteiger partial charge in [0.25, 0.3) is 0 Å². The van der Waals surface area contributed by atoms with Crippen LogP contribution in [0.1, 0.15) is 24.5 Å². The summed E-state index contributed by atoms with van der Waals surface area (Å²) in [5.74, 6) is 1.56. The van der Waals surface area contributed by atoms with Crippen LogP contribution >= 0.6 is 11.6 Å². The number of hydrogen-bond donors (Lipinski definition) is 1. The Hall–Kier alpha value is -1.51. The van der Waals surface area contributed by atoms with Gasteiger partial charge in [-0.05, 0) is 61.2 Å². The van der Waals surface area contributed by atoms with Crippen molar-refractivity contribution in [2.75, 3.05) is 0 Å². The lowest BCUT2D eigenvalue weighted by molar-refractivity contribution is 0.482. The van der Waals surface area contributed by atoms with Crippen LogP contribution < -0.4 is 10.5 Å². The Kier molecular flexibility index (Phi) is 5.05. The van der Waals surface area contributed by atoms with Crippen molar-refractivity contribution in [3.63, 3.8) is 0 Å². The van der Waals surface area contributed by atoms with Gasteiger partial charge in [0, 0.05) is 11.1 Å². The second-order valence-electron chi connectivity index (χ2n) is 5.02. The third kappa shape index (κ3) is 3.99. The van der Waals surface area contributed by atoms with E-state index < -0.39 is 0 Å². The van der Waals surface area contributed by atoms with E-state index in [-0.39, 0.29) is 6.04 Å². The highest BCUT2D eigenvalue weighted by Gasteiger charge is 2.06. The van der Waals surface area contributed by atoms with Gasteiger partial charge in [0.1, 0.15) is 11.5 Å². The van der Waals surface area contributed by atoms with Crippen LogP contribution in [-0.2, 0) is 6.42 Å². The van der Waals surface area contributed by atoms with Crippen molar-refractivity contribution in [1.82, 2.24) is 0 Å². The first kappa shape index (κ1) is 14.9. The maximum Gasteiger partial charge on any atom is 0.128 e. The minimum atomic E-state index is 0.216. The van der Waals surface area contributed by atoms with Crippen molar-refractivity contribution >= 4 is 11.6 Å². The van der Waals surface area contributed by atoms with E-state index in [2.05, 4.69) is 19.9 Å². The van der Waals surface area contributed by atoms with Gasteiger partial charge in [-0.25, -0.2) is 0 Å². The summed E-state index contributed by atoms with van der Waals surface area (Å²) in [6, 6.07) is 13.7. The Morgan fingerprint density at radius 3 is 2.55 bits per heavy atom. The average molecular weight is 290 g/mol. The number of halogens is 1. The van der Waals surface area contributed by atoms with Crippen LogP contribution in [0.2, 0.25) is 5.02 Å². The zero-order valence-electron chi connectivity index (χ0n) is 11.9. The van der Waals surface area contributed by atoms with Crippen molar-refractivity contribution in [1.29, 1.82) is 0 Å². The van der Waals surface area contributed by atoms with Crippen LogP contribution in [0.5, 0.6) is 11.5 Å². The van der Waals surface area contributed by atoms with E-state index in [9.17, 15) is 0 Å². The van der Waals surface area contributed by atoms with Crippen LogP contribution in [0.15, 0.2) is 42.5 Å². The number of benzene rings is 2. The molecule has 0 aliphatic heterocycles. The molecule has 2 N–H and O–H groups in total. The van der Waals surface area contributed by atoms with Crippen molar-refractivity contribution in [2.24, 2.45) is 5.73 Å². The molecule has 0 heterocycles. The Morgan fingerprint density at radius 2 is 1.90 bits per heavy atom. The lowest BCUT2D eigenvalue weighted by Gasteiger charge is -2.13. The lowest BCUT2D eigenvalue weighted by Crippen LogP contribution is -2.21. The molecule has 3 heteroatoms. The first-order valence-electron chi connectivity index (χ1n) is 6.87. The quantitative estimate of drug-likeness (QED) is 0.864. The highest BCUT2D eigenvalue weighted by molar-refractivity contribution is 6.30. The molecular weight excluding hydrogens is 270 g/mol. The monoisotopic (exact) mass is 289 g/mol. The van der Waals surface area contributed by atoms with Gasteiger partial charge >= 0.3 is 0 Å². The normalized spacial score (nSPS) is 12.2. The highest BCUT2D eigenvalue weighted by atomic mass is 35.5. The molecule has 0 saturated heterocycles. The standard InChI is InChI=1S/C17H20ClNO/c1-3-15(19)10-13-7-8-17(9-12(13)2)20-16-6-4-5-14(18)11-16/h4-9,11,15H,3,10,19H2,1-2H3. The smallest absolute Gasteiger partial charge is 0.128 e. The lowest BCUT2D eigenvalue weighted by atomic mass is 10.00. The van der Waals surface area contributed by atoms with Gasteiger partial charge in [0.15, 0.2) is 0 Å². The van der Waals surface area contributed by atoms with Crippen LogP contribution in [0, 0.1) is 6.92 Å². The van der Waals surface area contributed by atoms with Gasteiger partial charge in [0.05, 0.1) is 0 Å². The topological polar surface area (TPSA) is 35.2 Å². The van der Waals surface area contributed by atoms with E-state index in [0.29, 0.717) is 5.02 Å². The fourth-order valence-electron chi connectivity index (χ4n) is 2.05. The number of aryl methyl sites for hydroxylation is 1. The second-order valence-corrected chi connectivity index (χ2v) is 5.46. The van der Waals surface area contributed by atoms with Crippen molar-refractivity contribution in [3.05, 3.63) is 58.6 Å². The molecule has 0 saturated carbocycles. The summed E-state index contributed by atoms with van der Waals surface area (Å²) >= 11 is 5.95. The molecule has 2 aromatic carbocycles. The number of ether oxygens (including phenoxy) is 1. The van der Waals surface area contributed by atoms with E-state index in [1.807, 2.05) is 30.3 Å². The fourth-order valence-corrected chi connectivity index (χ4v) is 2.23. The maximum atomic E-state index is 6.01. The minimum absolute atomic E-state index is 0.216. The predicted octanol–water partition coefficient (Wildman–Crippen LogP) is 4.72. The molecule has 20 heavy (non-hydrogen) atoms. The molecule has 0 aliphatic carbocycles. The van der Waals surface area contributed by atoms with Crippen LogP contribution in [-0.4, -0.2) is 6.04 Å². The summed E-state index contributed by atoms with van der Waals surface area (Å²) < 4.78 is 5.81. The van der Waals surface area contributed by atoms with Gasteiger partial charge in [-0.2, -0.15) is 0 Å². The molecule has 106 valence electrons. The second kappa shape index (κ2) is 6.78. The van der Waals surface area contributed by atoms with Crippen LogP contribution in [0.4, 0.5) is 0 Å². The molecule has 0 aliphatic rings. The van der Waals surface area contributed by atoms with Crippen molar-refractivity contribution < 1.29 is 4.74 Å². The highest BCUT2D eigenvalue weighted by Crippen LogP contribution is 2.26. The average Bonchev–Trinajstić information content (AvgIpc) is 2.41. The summed E-state index contributed by atoms with van der Waals surface area (Å²) in [6.45, 7) is 4.19. The molecule has 2 nitrogen and oxygen atoms in total. The summed E-state index contributed by atoms with van der Waals surface area (Å²) in [7, 11) is 0. The summed E-state index contributed by atoms with van der Waals surface area (Å²) in [4.78, 5) is 0. The molecule has 0 fully saturated rings. The summed E-state index contributed by atoms with van der Waals surface area (Å²) in [5, 5.41) is 0.671. The van der Waals surface area contributed by atoms with E-state index in [0.717, 1.165) is 24.3 Å². The zero-order valence-corrected chi connectivity index (χ0v) is 12.7. The molecule has 0 spiro atoms. The number of rotatable bonds is 5. The Labute approximate surface area is 125 Å². The summed E-state index contributed by atoms with van der Waals surface area (Å²) in [6.07, 6.45) is 1.89. The molecular formula is C17H20ClNO. The number of hydrogen-bond acceptors (Lipinski definition) is 2. The Balaban J connectivity index is 2.13. The fraction of sp³-hybridized carbons (Fsp3) is 0.294. The van der Waals surface area contributed by atoms with E-state index in [1.165, 1.54) is 11.1 Å². The zero-order chi connectivity index (χ0) is 14.5. The third-order valence-corrected chi connectivity index (χ3v) is 3.59. The molecule has 0 radical (unpaired) electrons. The molecule has 2 rings (SSSR count). The SMILES string of the molecule is CCC(N)Cc1ccc(Oc2cccc(Cl)c2)cc1C. The molecule has 0 amide bonds. The third-order valence-electron chi connectivity index (χ3n) is 3.35. The molecule has 1 atom stereocenters. The summed E-state index contributed by atoms with van der Waals surface area (Å²) in [5.41, 5.74) is 8.48. The molecule has 2 aromatic rings. The molecule has 0 bridgehead atoms. The van der Waals surface area contributed by atoms with E-state index >= 15 is 0 Å². The molecule has 1 unspecified atom stereocenters. The molecule has 0 aromatic heterocycles. The first-order valence-corrected chi connectivity index (χ1v) is 7.25. The Morgan fingerprint density at radius 1 is 1.15 bits per heavy atom.